The Labute approximate surface area is 106 Å². The van der Waals surface area contributed by atoms with Crippen LogP contribution >= 0.6 is 11.6 Å². The summed E-state index contributed by atoms with van der Waals surface area (Å²) in [5.74, 6) is 5.91. The van der Waals surface area contributed by atoms with Crippen molar-refractivity contribution in [1.82, 2.24) is 4.98 Å². The highest BCUT2D eigenvalue weighted by Gasteiger charge is 2.12. The Balaban J connectivity index is 2.65. The van der Waals surface area contributed by atoms with Crippen LogP contribution in [0.1, 0.15) is 31.9 Å². The molecule has 0 bridgehead atoms. The number of halogens is 1. The van der Waals surface area contributed by atoms with Gasteiger partial charge in [-0.05, 0) is 24.6 Å². The Morgan fingerprint density at radius 2 is 2.18 bits per heavy atom. The summed E-state index contributed by atoms with van der Waals surface area (Å²) in [5.41, 5.74) is 5.51. The number of nitrogens with zero attached hydrogens (tertiary/aromatic N) is 1. The van der Waals surface area contributed by atoms with E-state index in [0.29, 0.717) is 10.9 Å². The van der Waals surface area contributed by atoms with Crippen LogP contribution in [0, 0.1) is 0 Å². The number of benzene rings is 1. The zero-order chi connectivity index (χ0) is 12.4. The molecule has 4 heteroatoms. The van der Waals surface area contributed by atoms with Crippen molar-refractivity contribution in [2.75, 3.05) is 5.43 Å². The Morgan fingerprint density at radius 1 is 1.41 bits per heavy atom. The molecule has 1 unspecified atom stereocenters. The molecule has 0 fully saturated rings. The van der Waals surface area contributed by atoms with E-state index in [4.69, 9.17) is 17.4 Å². The third-order valence-electron chi connectivity index (χ3n) is 3.04. The van der Waals surface area contributed by atoms with Gasteiger partial charge in [0, 0.05) is 16.3 Å². The third kappa shape index (κ3) is 2.35. The van der Waals surface area contributed by atoms with E-state index in [2.05, 4.69) is 24.3 Å². The van der Waals surface area contributed by atoms with Gasteiger partial charge in [-0.1, -0.05) is 31.5 Å². The van der Waals surface area contributed by atoms with E-state index in [9.17, 15) is 0 Å². The summed E-state index contributed by atoms with van der Waals surface area (Å²) in [6, 6.07) is 7.70. The summed E-state index contributed by atoms with van der Waals surface area (Å²) in [4.78, 5) is 4.65. The highest BCUT2D eigenvalue weighted by molar-refractivity contribution is 6.31. The standard InChI is InChI=1S/C13H16ClN3/c1-3-8(2)13-12(17-15)6-9-4-5-10(14)7-11(9)16-13/h4-8,17H,3,15H2,1-2H3. The number of nitrogen functional groups attached to an aromatic ring is 1. The highest BCUT2D eigenvalue weighted by atomic mass is 35.5. The summed E-state index contributed by atoms with van der Waals surface area (Å²) in [6.45, 7) is 4.27. The zero-order valence-corrected chi connectivity index (χ0v) is 10.8. The van der Waals surface area contributed by atoms with Gasteiger partial charge in [0.2, 0.25) is 0 Å². The number of hydrogen-bond donors (Lipinski definition) is 2. The first-order valence-corrected chi connectivity index (χ1v) is 6.10. The Morgan fingerprint density at radius 3 is 2.82 bits per heavy atom. The Hall–Kier alpha value is -1.32. The largest absolute Gasteiger partial charge is 0.322 e. The van der Waals surface area contributed by atoms with Crippen molar-refractivity contribution in [3.05, 3.63) is 35.0 Å². The second kappa shape index (κ2) is 4.90. The lowest BCUT2D eigenvalue weighted by Crippen LogP contribution is -2.11. The predicted molar refractivity (Wildman–Crippen MR) is 73.3 cm³/mol. The molecule has 0 aliphatic heterocycles. The van der Waals surface area contributed by atoms with E-state index in [0.717, 1.165) is 28.7 Å². The monoisotopic (exact) mass is 249 g/mol. The third-order valence-corrected chi connectivity index (χ3v) is 3.28. The number of nitrogens with one attached hydrogen (secondary N) is 1. The van der Waals surface area contributed by atoms with Crippen LogP contribution < -0.4 is 11.3 Å². The normalized spacial score (nSPS) is 12.7. The van der Waals surface area contributed by atoms with Crippen LogP contribution in [0.25, 0.3) is 10.9 Å². The minimum Gasteiger partial charge on any atom is -0.322 e. The SMILES string of the molecule is CCC(C)c1nc2cc(Cl)ccc2cc1NN. The first kappa shape index (κ1) is 12.1. The number of hydrogen-bond acceptors (Lipinski definition) is 3. The van der Waals surface area contributed by atoms with Crippen LogP contribution in [0.3, 0.4) is 0 Å². The van der Waals surface area contributed by atoms with Crippen LogP contribution in [0.15, 0.2) is 24.3 Å². The smallest absolute Gasteiger partial charge is 0.0721 e. The summed E-state index contributed by atoms with van der Waals surface area (Å²) >= 11 is 5.98. The van der Waals surface area contributed by atoms with E-state index in [-0.39, 0.29) is 0 Å². The molecule has 0 aliphatic carbocycles. The highest BCUT2D eigenvalue weighted by Crippen LogP contribution is 2.29. The molecule has 17 heavy (non-hydrogen) atoms. The number of fused-ring (bicyclic) bond motifs is 1. The van der Waals surface area contributed by atoms with Gasteiger partial charge in [0.25, 0.3) is 0 Å². The van der Waals surface area contributed by atoms with Crippen molar-refractivity contribution in [1.29, 1.82) is 0 Å². The zero-order valence-electron chi connectivity index (χ0n) is 10.00. The van der Waals surface area contributed by atoms with Gasteiger partial charge in [0.1, 0.15) is 0 Å². The number of rotatable bonds is 3. The fourth-order valence-corrected chi connectivity index (χ4v) is 2.01. The minimum atomic E-state index is 0.365. The molecule has 1 atom stereocenters. The number of anilines is 1. The first-order chi connectivity index (χ1) is 8.15. The Kier molecular flexibility index (Phi) is 3.50. The average molecular weight is 250 g/mol. The molecule has 3 nitrogen and oxygen atoms in total. The molecule has 0 amide bonds. The number of hydrazine groups is 1. The topological polar surface area (TPSA) is 50.9 Å². The molecular formula is C13H16ClN3. The second-order valence-corrected chi connectivity index (χ2v) is 4.65. The molecule has 0 radical (unpaired) electrons. The van der Waals surface area contributed by atoms with Crippen LogP contribution in [-0.2, 0) is 0 Å². The summed E-state index contributed by atoms with van der Waals surface area (Å²) < 4.78 is 0. The molecule has 1 aromatic heterocycles. The van der Waals surface area contributed by atoms with Gasteiger partial charge < -0.3 is 5.43 Å². The van der Waals surface area contributed by atoms with Crippen LogP contribution in [0.5, 0.6) is 0 Å². The van der Waals surface area contributed by atoms with E-state index in [1.807, 2.05) is 24.3 Å². The molecule has 90 valence electrons. The fourth-order valence-electron chi connectivity index (χ4n) is 1.84. The van der Waals surface area contributed by atoms with Crippen molar-refractivity contribution in [3.63, 3.8) is 0 Å². The number of pyridine rings is 1. The van der Waals surface area contributed by atoms with Gasteiger partial charge in [0.05, 0.1) is 16.9 Å². The van der Waals surface area contributed by atoms with Crippen molar-refractivity contribution in [2.24, 2.45) is 5.84 Å². The van der Waals surface area contributed by atoms with Crippen molar-refractivity contribution < 1.29 is 0 Å². The maximum absolute atomic E-state index is 5.98. The minimum absolute atomic E-state index is 0.365. The molecule has 2 aromatic rings. The summed E-state index contributed by atoms with van der Waals surface area (Å²) in [7, 11) is 0. The maximum Gasteiger partial charge on any atom is 0.0721 e. The van der Waals surface area contributed by atoms with Crippen molar-refractivity contribution >= 4 is 28.2 Å². The molecule has 3 N–H and O–H groups in total. The van der Waals surface area contributed by atoms with Gasteiger partial charge in [-0.3, -0.25) is 10.8 Å². The first-order valence-electron chi connectivity index (χ1n) is 5.72. The van der Waals surface area contributed by atoms with E-state index in [1.165, 1.54) is 0 Å². The van der Waals surface area contributed by atoms with Crippen molar-refractivity contribution in [2.45, 2.75) is 26.2 Å². The predicted octanol–water partition coefficient (Wildman–Crippen LogP) is 3.69. The number of nitrogens with two attached hydrogens (primary N) is 1. The fraction of sp³-hybridized carbons (Fsp3) is 0.308. The summed E-state index contributed by atoms with van der Waals surface area (Å²) in [6.07, 6.45) is 1.02. The lowest BCUT2D eigenvalue weighted by Gasteiger charge is -2.14. The average Bonchev–Trinajstić information content (AvgIpc) is 2.36. The quantitative estimate of drug-likeness (QED) is 0.644. The second-order valence-electron chi connectivity index (χ2n) is 4.21. The molecule has 0 aliphatic rings. The lowest BCUT2D eigenvalue weighted by atomic mass is 10.0. The molecule has 1 heterocycles. The maximum atomic E-state index is 5.98. The number of aromatic nitrogens is 1. The molecule has 0 saturated heterocycles. The van der Waals surface area contributed by atoms with Gasteiger partial charge in [0.15, 0.2) is 0 Å². The molecule has 0 saturated carbocycles. The van der Waals surface area contributed by atoms with Crippen LogP contribution in [0.4, 0.5) is 5.69 Å². The van der Waals surface area contributed by atoms with Crippen LogP contribution in [0.2, 0.25) is 5.02 Å². The molecule has 1 aromatic carbocycles. The van der Waals surface area contributed by atoms with Crippen molar-refractivity contribution in [3.8, 4) is 0 Å². The molecule has 0 spiro atoms. The van der Waals surface area contributed by atoms with E-state index >= 15 is 0 Å². The van der Waals surface area contributed by atoms with Gasteiger partial charge in [-0.2, -0.15) is 0 Å². The molecular weight excluding hydrogens is 234 g/mol. The van der Waals surface area contributed by atoms with Gasteiger partial charge in [-0.25, -0.2) is 0 Å². The van der Waals surface area contributed by atoms with Gasteiger partial charge in [-0.15, -0.1) is 0 Å². The lowest BCUT2D eigenvalue weighted by molar-refractivity contribution is 0.713. The van der Waals surface area contributed by atoms with E-state index < -0.39 is 0 Å². The van der Waals surface area contributed by atoms with Gasteiger partial charge >= 0.3 is 0 Å². The Bertz CT molecular complexity index is 539. The van der Waals surface area contributed by atoms with E-state index in [1.54, 1.807) is 0 Å². The molecule has 2 rings (SSSR count). The van der Waals surface area contributed by atoms with Crippen LogP contribution in [-0.4, -0.2) is 4.98 Å². The summed E-state index contributed by atoms with van der Waals surface area (Å²) in [5, 5.41) is 1.74.